The zero-order valence-corrected chi connectivity index (χ0v) is 14.3. The van der Waals surface area contributed by atoms with Crippen LogP contribution in [0.1, 0.15) is 17.0 Å². The van der Waals surface area contributed by atoms with E-state index in [4.69, 9.17) is 16.1 Å². The van der Waals surface area contributed by atoms with Gasteiger partial charge in [0.2, 0.25) is 0 Å². The van der Waals surface area contributed by atoms with E-state index in [0.29, 0.717) is 16.5 Å². The van der Waals surface area contributed by atoms with Crippen molar-refractivity contribution >= 4 is 38.2 Å². The molecule has 0 spiro atoms. The third-order valence-electron chi connectivity index (χ3n) is 3.68. The third-order valence-corrected chi connectivity index (χ3v) is 5.88. The number of nitro benzene ring substituents is 1. The summed E-state index contributed by atoms with van der Waals surface area (Å²) in [5, 5.41) is 15.0. The second-order valence-corrected chi connectivity index (χ2v) is 7.22. The monoisotopic (exact) mass is 369 g/mol. The number of aryl methyl sites for hydroxylation is 2. The van der Waals surface area contributed by atoms with Crippen molar-refractivity contribution in [3.05, 3.63) is 51.5 Å². The largest absolute Gasteiger partial charge is 0.360 e. The van der Waals surface area contributed by atoms with Crippen LogP contribution in [0.5, 0.6) is 0 Å². The highest BCUT2D eigenvalue weighted by molar-refractivity contribution is 7.90. The van der Waals surface area contributed by atoms with Crippen LogP contribution in [0.4, 0.5) is 5.69 Å². The predicted octanol–water partition coefficient (Wildman–Crippen LogP) is 3.13. The van der Waals surface area contributed by atoms with Crippen LogP contribution >= 0.6 is 11.6 Å². The standard InChI is InChI=1S/C14H12ClN3O5S/c1-8-14(9(2)23-16-8)24(21,22)17-7-10(6-15)12-5-11(18(19)20)3-4-13(12)17/h3-5,7H,6H2,1-2H3. The first-order valence-electron chi connectivity index (χ1n) is 6.80. The SMILES string of the molecule is Cc1noc(C)c1S(=O)(=O)n1cc(CCl)c2cc([N+](=O)[O-])ccc21. The number of aromatic nitrogens is 2. The van der Waals surface area contributed by atoms with Crippen molar-refractivity contribution in [1.82, 2.24) is 9.13 Å². The van der Waals surface area contributed by atoms with Gasteiger partial charge in [0.25, 0.3) is 15.7 Å². The summed E-state index contributed by atoms with van der Waals surface area (Å²) < 4.78 is 32.0. The summed E-state index contributed by atoms with van der Waals surface area (Å²) in [4.78, 5) is 10.4. The van der Waals surface area contributed by atoms with Gasteiger partial charge in [-0.25, -0.2) is 12.4 Å². The molecule has 0 aliphatic carbocycles. The third kappa shape index (κ3) is 2.36. The smallest absolute Gasteiger partial charge is 0.273 e. The van der Waals surface area contributed by atoms with Crippen LogP contribution in [0.25, 0.3) is 10.9 Å². The zero-order chi connectivity index (χ0) is 17.6. The molecule has 0 N–H and O–H groups in total. The molecule has 0 aliphatic heterocycles. The van der Waals surface area contributed by atoms with Gasteiger partial charge in [-0.1, -0.05) is 5.16 Å². The van der Waals surface area contributed by atoms with Gasteiger partial charge < -0.3 is 4.52 Å². The second kappa shape index (κ2) is 5.60. The number of alkyl halides is 1. The molecular formula is C14H12ClN3O5S. The van der Waals surface area contributed by atoms with Gasteiger partial charge in [-0.05, 0) is 25.5 Å². The molecule has 126 valence electrons. The van der Waals surface area contributed by atoms with Gasteiger partial charge in [0.15, 0.2) is 10.7 Å². The van der Waals surface area contributed by atoms with Crippen LogP contribution in [-0.4, -0.2) is 22.5 Å². The molecule has 10 heteroatoms. The van der Waals surface area contributed by atoms with Gasteiger partial charge in [0.05, 0.1) is 10.4 Å². The van der Waals surface area contributed by atoms with Gasteiger partial charge >= 0.3 is 0 Å². The van der Waals surface area contributed by atoms with Crippen LogP contribution in [0.2, 0.25) is 0 Å². The number of hydrogen-bond donors (Lipinski definition) is 0. The fraction of sp³-hybridized carbons (Fsp3) is 0.214. The van der Waals surface area contributed by atoms with Crippen molar-refractivity contribution < 1.29 is 17.9 Å². The minimum atomic E-state index is -3.97. The molecule has 0 radical (unpaired) electrons. The Balaban J connectivity index is 2.33. The molecular weight excluding hydrogens is 358 g/mol. The average Bonchev–Trinajstić information content (AvgIpc) is 3.07. The first-order chi connectivity index (χ1) is 11.3. The number of fused-ring (bicyclic) bond motifs is 1. The Morgan fingerprint density at radius 3 is 2.62 bits per heavy atom. The topological polar surface area (TPSA) is 108 Å². The fourth-order valence-corrected chi connectivity index (χ4v) is 4.52. The van der Waals surface area contributed by atoms with Crippen LogP contribution in [-0.2, 0) is 15.9 Å². The van der Waals surface area contributed by atoms with Crippen LogP contribution < -0.4 is 0 Å². The van der Waals surface area contributed by atoms with Crippen molar-refractivity contribution in [1.29, 1.82) is 0 Å². The van der Waals surface area contributed by atoms with Crippen molar-refractivity contribution in [3.63, 3.8) is 0 Å². The molecule has 8 nitrogen and oxygen atoms in total. The van der Waals surface area contributed by atoms with E-state index in [1.165, 1.54) is 38.2 Å². The van der Waals surface area contributed by atoms with Crippen molar-refractivity contribution in [2.45, 2.75) is 24.6 Å². The summed E-state index contributed by atoms with van der Waals surface area (Å²) in [7, 11) is -3.97. The number of nitro groups is 1. The average molecular weight is 370 g/mol. The Morgan fingerprint density at radius 2 is 2.08 bits per heavy atom. The molecule has 1 aromatic carbocycles. The first kappa shape index (κ1) is 16.5. The van der Waals surface area contributed by atoms with Gasteiger partial charge in [-0.3, -0.25) is 10.1 Å². The van der Waals surface area contributed by atoms with E-state index in [9.17, 15) is 18.5 Å². The van der Waals surface area contributed by atoms with E-state index in [1.54, 1.807) is 0 Å². The number of non-ortho nitro benzene ring substituents is 1. The number of hydrogen-bond acceptors (Lipinski definition) is 6. The normalized spacial score (nSPS) is 12.0. The van der Waals surface area contributed by atoms with E-state index >= 15 is 0 Å². The number of halogens is 1. The lowest BCUT2D eigenvalue weighted by atomic mass is 10.2. The summed E-state index contributed by atoms with van der Waals surface area (Å²) in [5.74, 6) is 0.186. The van der Waals surface area contributed by atoms with E-state index in [1.807, 2.05) is 0 Å². The van der Waals surface area contributed by atoms with Gasteiger partial charge in [0, 0.05) is 29.6 Å². The molecule has 0 saturated heterocycles. The summed E-state index contributed by atoms with van der Waals surface area (Å²) >= 11 is 5.88. The quantitative estimate of drug-likeness (QED) is 0.397. The number of benzene rings is 1. The maximum absolute atomic E-state index is 13.0. The van der Waals surface area contributed by atoms with Crippen LogP contribution in [0.3, 0.4) is 0 Å². The maximum atomic E-state index is 13.0. The highest BCUT2D eigenvalue weighted by Crippen LogP contribution is 2.31. The van der Waals surface area contributed by atoms with Crippen LogP contribution in [0, 0.1) is 24.0 Å². The lowest BCUT2D eigenvalue weighted by Gasteiger charge is -2.06. The van der Waals surface area contributed by atoms with E-state index in [-0.39, 0.29) is 27.9 Å². The molecule has 0 aliphatic rings. The summed E-state index contributed by atoms with van der Waals surface area (Å²) in [5.41, 5.74) is 0.881. The molecule has 24 heavy (non-hydrogen) atoms. The maximum Gasteiger partial charge on any atom is 0.273 e. The molecule has 0 fully saturated rings. The first-order valence-corrected chi connectivity index (χ1v) is 8.77. The summed E-state index contributed by atoms with van der Waals surface area (Å²) in [6, 6.07) is 3.95. The van der Waals surface area contributed by atoms with Crippen molar-refractivity contribution in [2.75, 3.05) is 0 Å². The highest BCUT2D eigenvalue weighted by Gasteiger charge is 2.28. The van der Waals surface area contributed by atoms with E-state index < -0.39 is 14.9 Å². The minimum absolute atomic E-state index is 0.0157. The highest BCUT2D eigenvalue weighted by atomic mass is 35.5. The Bertz CT molecular complexity index is 1050. The molecule has 2 heterocycles. The van der Waals surface area contributed by atoms with Gasteiger partial charge in [-0.2, -0.15) is 0 Å². The Morgan fingerprint density at radius 1 is 1.38 bits per heavy atom. The van der Waals surface area contributed by atoms with Gasteiger partial charge in [-0.15, -0.1) is 11.6 Å². The molecule has 2 aromatic heterocycles. The zero-order valence-electron chi connectivity index (χ0n) is 12.7. The molecule has 0 saturated carbocycles. The molecule has 0 amide bonds. The lowest BCUT2D eigenvalue weighted by molar-refractivity contribution is -0.384. The molecule has 3 aromatic rings. The van der Waals surface area contributed by atoms with E-state index in [2.05, 4.69) is 5.16 Å². The Hall–Kier alpha value is -2.39. The minimum Gasteiger partial charge on any atom is -0.360 e. The summed E-state index contributed by atoms with van der Waals surface area (Å²) in [6.45, 7) is 3.04. The van der Waals surface area contributed by atoms with Crippen molar-refractivity contribution in [2.24, 2.45) is 0 Å². The molecule has 0 bridgehead atoms. The van der Waals surface area contributed by atoms with Crippen LogP contribution in [0.15, 0.2) is 33.8 Å². The Labute approximate surface area is 141 Å². The van der Waals surface area contributed by atoms with E-state index in [0.717, 1.165) is 3.97 Å². The predicted molar refractivity (Wildman–Crippen MR) is 86.7 cm³/mol. The molecule has 0 unspecified atom stereocenters. The molecule has 3 rings (SSSR count). The van der Waals surface area contributed by atoms with Crippen molar-refractivity contribution in [3.8, 4) is 0 Å². The number of rotatable bonds is 4. The second-order valence-electron chi connectivity index (χ2n) is 5.20. The fourth-order valence-electron chi connectivity index (χ4n) is 2.61. The number of nitrogens with zero attached hydrogens (tertiary/aromatic N) is 3. The Kier molecular flexibility index (Phi) is 3.84. The van der Waals surface area contributed by atoms with Gasteiger partial charge in [0.1, 0.15) is 5.69 Å². The lowest BCUT2D eigenvalue weighted by Crippen LogP contribution is -2.13. The summed E-state index contributed by atoms with van der Waals surface area (Å²) in [6.07, 6.45) is 1.36. The molecule has 0 atom stereocenters.